The highest BCUT2D eigenvalue weighted by Gasteiger charge is 2.39. The molecule has 3 atom stereocenters. The number of amides is 1. The van der Waals surface area contributed by atoms with Crippen LogP contribution in [0.15, 0.2) is 24.3 Å². The molecular formula is C21H29NO3. The largest absolute Gasteiger partial charge is 0.464 e. The van der Waals surface area contributed by atoms with Crippen molar-refractivity contribution in [2.45, 2.75) is 51.9 Å². The number of rotatable bonds is 5. The number of ether oxygens (including phenoxy) is 1. The zero-order chi connectivity index (χ0) is 18.0. The van der Waals surface area contributed by atoms with Crippen LogP contribution in [0.3, 0.4) is 0 Å². The lowest BCUT2D eigenvalue weighted by atomic mass is 9.87. The highest BCUT2D eigenvalue weighted by Crippen LogP contribution is 2.48. The van der Waals surface area contributed by atoms with Crippen molar-refractivity contribution < 1.29 is 14.3 Å². The van der Waals surface area contributed by atoms with Crippen molar-refractivity contribution in [3.8, 4) is 0 Å². The van der Waals surface area contributed by atoms with Crippen molar-refractivity contribution in [3.05, 3.63) is 35.4 Å². The maximum atomic E-state index is 12.2. The van der Waals surface area contributed by atoms with E-state index >= 15 is 0 Å². The molecule has 4 heteroatoms. The van der Waals surface area contributed by atoms with Crippen LogP contribution < -0.4 is 5.32 Å². The molecule has 2 bridgehead atoms. The number of nitrogens with one attached hydrogen (secondary N) is 1. The first-order valence-corrected chi connectivity index (χ1v) is 9.37. The Hall–Kier alpha value is -1.84. The lowest BCUT2D eigenvalue weighted by Crippen LogP contribution is -2.32. The third-order valence-electron chi connectivity index (χ3n) is 5.75. The van der Waals surface area contributed by atoms with E-state index in [1.807, 2.05) is 12.1 Å². The summed E-state index contributed by atoms with van der Waals surface area (Å²) >= 11 is 0. The van der Waals surface area contributed by atoms with Gasteiger partial charge in [-0.15, -0.1) is 0 Å². The molecule has 0 radical (unpaired) electrons. The van der Waals surface area contributed by atoms with Crippen molar-refractivity contribution in [1.29, 1.82) is 0 Å². The fourth-order valence-electron chi connectivity index (χ4n) is 4.21. The molecule has 0 heterocycles. The van der Waals surface area contributed by atoms with Gasteiger partial charge in [-0.2, -0.15) is 0 Å². The van der Waals surface area contributed by atoms with Crippen LogP contribution in [-0.2, 0) is 14.9 Å². The summed E-state index contributed by atoms with van der Waals surface area (Å²) in [5, 5.41) is 2.65. The second kappa shape index (κ2) is 7.19. The van der Waals surface area contributed by atoms with Crippen LogP contribution in [-0.4, -0.2) is 25.0 Å². The molecule has 1 amide bonds. The molecule has 0 aliphatic heterocycles. The maximum absolute atomic E-state index is 12.2. The molecule has 2 aliphatic rings. The third-order valence-corrected chi connectivity index (χ3v) is 5.75. The van der Waals surface area contributed by atoms with E-state index in [0.29, 0.717) is 18.1 Å². The Morgan fingerprint density at radius 1 is 1.12 bits per heavy atom. The minimum Gasteiger partial charge on any atom is -0.464 e. The summed E-state index contributed by atoms with van der Waals surface area (Å²) in [6, 6.07) is 7.53. The SMILES string of the molecule is CC(C)(C)c1ccc(C(=O)NCC(=O)OCC2CC3CCC2C3)cc1. The summed E-state index contributed by atoms with van der Waals surface area (Å²) in [6.45, 7) is 6.84. The number of esters is 1. The van der Waals surface area contributed by atoms with Gasteiger partial charge in [0, 0.05) is 5.56 Å². The maximum Gasteiger partial charge on any atom is 0.325 e. The first-order chi connectivity index (χ1) is 11.8. The van der Waals surface area contributed by atoms with E-state index in [-0.39, 0.29) is 23.8 Å². The van der Waals surface area contributed by atoms with Crippen LogP contribution in [0.25, 0.3) is 0 Å². The molecule has 3 unspecified atom stereocenters. The number of hydrogen-bond donors (Lipinski definition) is 1. The minimum atomic E-state index is -0.345. The zero-order valence-corrected chi connectivity index (χ0v) is 15.5. The number of hydrogen-bond acceptors (Lipinski definition) is 3. The van der Waals surface area contributed by atoms with E-state index < -0.39 is 0 Å². The van der Waals surface area contributed by atoms with Gasteiger partial charge in [0.25, 0.3) is 5.91 Å². The predicted molar refractivity (Wildman–Crippen MR) is 97.4 cm³/mol. The Kier molecular flexibility index (Phi) is 5.16. The highest BCUT2D eigenvalue weighted by molar-refractivity contribution is 5.95. The van der Waals surface area contributed by atoms with Gasteiger partial charge in [-0.25, -0.2) is 0 Å². The van der Waals surface area contributed by atoms with E-state index in [9.17, 15) is 9.59 Å². The van der Waals surface area contributed by atoms with Gasteiger partial charge in [-0.1, -0.05) is 39.3 Å². The van der Waals surface area contributed by atoms with E-state index in [0.717, 1.165) is 11.8 Å². The first-order valence-electron chi connectivity index (χ1n) is 9.37. The summed E-state index contributed by atoms with van der Waals surface area (Å²) in [6.07, 6.45) is 5.14. The molecule has 1 aromatic rings. The van der Waals surface area contributed by atoms with Crippen molar-refractivity contribution in [3.63, 3.8) is 0 Å². The quantitative estimate of drug-likeness (QED) is 0.830. The molecule has 1 N–H and O–H groups in total. The fourth-order valence-corrected chi connectivity index (χ4v) is 4.21. The van der Waals surface area contributed by atoms with E-state index in [1.165, 1.54) is 31.2 Å². The predicted octanol–water partition coefficient (Wildman–Crippen LogP) is 3.69. The molecule has 0 spiro atoms. The number of benzene rings is 1. The molecule has 4 nitrogen and oxygen atoms in total. The van der Waals surface area contributed by atoms with Crippen molar-refractivity contribution in [2.75, 3.05) is 13.2 Å². The van der Waals surface area contributed by atoms with Crippen LogP contribution >= 0.6 is 0 Å². The zero-order valence-electron chi connectivity index (χ0n) is 15.5. The van der Waals surface area contributed by atoms with Gasteiger partial charge in [0.05, 0.1) is 6.61 Å². The summed E-state index contributed by atoms with van der Waals surface area (Å²) in [5.41, 5.74) is 1.79. The molecule has 2 aliphatic carbocycles. The topological polar surface area (TPSA) is 55.4 Å². The highest BCUT2D eigenvalue weighted by atomic mass is 16.5. The number of fused-ring (bicyclic) bond motifs is 2. The smallest absolute Gasteiger partial charge is 0.325 e. The van der Waals surface area contributed by atoms with Gasteiger partial charge >= 0.3 is 5.97 Å². The summed E-state index contributed by atoms with van der Waals surface area (Å²) in [7, 11) is 0. The lowest BCUT2D eigenvalue weighted by Gasteiger charge is -2.21. The van der Waals surface area contributed by atoms with Gasteiger partial charge in [0.15, 0.2) is 0 Å². The average Bonchev–Trinajstić information content (AvgIpc) is 3.20. The first kappa shape index (κ1) is 18.0. The molecule has 25 heavy (non-hydrogen) atoms. The van der Waals surface area contributed by atoms with Gasteiger partial charge in [-0.3, -0.25) is 9.59 Å². The molecular weight excluding hydrogens is 314 g/mol. The molecule has 2 fully saturated rings. The molecule has 0 aromatic heterocycles. The number of carbonyl (C=O) groups is 2. The van der Waals surface area contributed by atoms with Gasteiger partial charge in [0.1, 0.15) is 6.54 Å². The summed E-state index contributed by atoms with van der Waals surface area (Å²) in [5.74, 6) is 1.54. The van der Waals surface area contributed by atoms with Crippen LogP contribution in [0.5, 0.6) is 0 Å². The Morgan fingerprint density at radius 2 is 1.84 bits per heavy atom. The second-order valence-electron chi connectivity index (χ2n) is 8.63. The molecule has 2 saturated carbocycles. The standard InChI is InChI=1S/C21H29NO3/c1-21(2,3)18-8-6-15(7-9-18)20(24)22-12-19(23)25-13-17-11-14-4-5-16(17)10-14/h6-9,14,16-17H,4-5,10-13H2,1-3H3,(H,22,24). The molecule has 0 saturated heterocycles. The fraction of sp³-hybridized carbons (Fsp3) is 0.619. The third kappa shape index (κ3) is 4.42. The van der Waals surface area contributed by atoms with Gasteiger partial charge < -0.3 is 10.1 Å². The Labute approximate surface area is 150 Å². The van der Waals surface area contributed by atoms with Gasteiger partial charge in [-0.05, 0) is 60.1 Å². The summed E-state index contributed by atoms with van der Waals surface area (Å²) < 4.78 is 5.38. The van der Waals surface area contributed by atoms with E-state index in [2.05, 4.69) is 26.1 Å². The Bertz CT molecular complexity index is 630. The van der Waals surface area contributed by atoms with Crippen molar-refractivity contribution in [1.82, 2.24) is 5.32 Å². The Balaban J connectivity index is 1.41. The normalized spacial score (nSPS) is 25.0. The van der Waals surface area contributed by atoms with Crippen LogP contribution in [0.1, 0.15) is 62.4 Å². The van der Waals surface area contributed by atoms with Crippen molar-refractivity contribution in [2.24, 2.45) is 17.8 Å². The van der Waals surface area contributed by atoms with Crippen LogP contribution in [0, 0.1) is 17.8 Å². The lowest BCUT2D eigenvalue weighted by molar-refractivity contribution is -0.144. The average molecular weight is 343 g/mol. The number of carbonyl (C=O) groups excluding carboxylic acids is 2. The van der Waals surface area contributed by atoms with Crippen LogP contribution in [0.2, 0.25) is 0 Å². The van der Waals surface area contributed by atoms with Crippen molar-refractivity contribution >= 4 is 11.9 Å². The summed E-state index contributed by atoms with van der Waals surface area (Å²) in [4.78, 5) is 24.0. The molecule has 1 aromatic carbocycles. The van der Waals surface area contributed by atoms with E-state index in [4.69, 9.17) is 4.74 Å². The second-order valence-corrected chi connectivity index (χ2v) is 8.63. The monoisotopic (exact) mass is 343 g/mol. The van der Waals surface area contributed by atoms with Crippen LogP contribution in [0.4, 0.5) is 0 Å². The molecule has 136 valence electrons. The minimum absolute atomic E-state index is 0.0541. The van der Waals surface area contributed by atoms with Gasteiger partial charge in [0.2, 0.25) is 0 Å². The molecule has 3 rings (SSSR count). The Morgan fingerprint density at radius 3 is 2.40 bits per heavy atom. The van der Waals surface area contributed by atoms with E-state index in [1.54, 1.807) is 12.1 Å².